The number of nitrogens with zero attached hydrogens (tertiary/aromatic N) is 5. The van der Waals surface area contributed by atoms with E-state index in [1.54, 1.807) is 24.9 Å². The molecule has 1 N–H and O–H groups in total. The molecule has 1 aromatic carbocycles. The van der Waals surface area contributed by atoms with Crippen LogP contribution in [0.15, 0.2) is 36.7 Å². The molecule has 2 aromatic heterocycles. The third-order valence-corrected chi connectivity index (χ3v) is 6.73. The SMILES string of the molecule is Cc1cc(F)c(NC(=O)N2CCO[C@@H](C(F)(F)F)C2)cc1-c1cc(-c2cnn(C)c2)nc(N2CCOCC2)c1. The maximum atomic E-state index is 15.0. The van der Waals surface area contributed by atoms with Crippen molar-refractivity contribution >= 4 is 17.5 Å². The van der Waals surface area contributed by atoms with E-state index >= 15 is 0 Å². The molecule has 0 spiro atoms. The number of amides is 2. The van der Waals surface area contributed by atoms with E-state index in [0.717, 1.165) is 21.8 Å². The van der Waals surface area contributed by atoms with Gasteiger partial charge in [0.05, 0.1) is 43.9 Å². The van der Waals surface area contributed by atoms with Crippen LogP contribution in [0.3, 0.4) is 0 Å². The number of morpholine rings is 2. The molecule has 2 aliphatic heterocycles. The van der Waals surface area contributed by atoms with Crippen molar-refractivity contribution < 1.29 is 31.8 Å². The molecule has 2 amide bonds. The average Bonchev–Trinajstić information content (AvgIpc) is 3.36. The number of alkyl halides is 3. The summed E-state index contributed by atoms with van der Waals surface area (Å²) in [7, 11) is 1.81. The Labute approximate surface area is 222 Å². The third kappa shape index (κ3) is 5.98. The van der Waals surface area contributed by atoms with Crippen LogP contribution in [0.2, 0.25) is 0 Å². The zero-order chi connectivity index (χ0) is 27.7. The van der Waals surface area contributed by atoms with Crippen LogP contribution in [0, 0.1) is 12.7 Å². The summed E-state index contributed by atoms with van der Waals surface area (Å²) in [5.41, 5.74) is 3.33. The van der Waals surface area contributed by atoms with Crippen molar-refractivity contribution in [3.05, 3.63) is 48.0 Å². The molecule has 4 heterocycles. The zero-order valence-electron chi connectivity index (χ0n) is 21.5. The van der Waals surface area contributed by atoms with Crippen LogP contribution in [0.5, 0.6) is 0 Å². The van der Waals surface area contributed by atoms with Crippen LogP contribution in [0.1, 0.15) is 5.56 Å². The van der Waals surface area contributed by atoms with Crippen LogP contribution < -0.4 is 10.2 Å². The monoisotopic (exact) mass is 548 g/mol. The average molecular weight is 549 g/mol. The number of pyridine rings is 1. The predicted octanol–water partition coefficient (Wildman–Crippen LogP) is 4.23. The first-order chi connectivity index (χ1) is 18.6. The molecule has 9 nitrogen and oxygen atoms in total. The molecule has 1 atom stereocenters. The Bertz CT molecular complexity index is 1360. The summed E-state index contributed by atoms with van der Waals surface area (Å²) in [6.45, 7) is 3.22. The van der Waals surface area contributed by atoms with Gasteiger partial charge >= 0.3 is 12.2 Å². The maximum absolute atomic E-state index is 15.0. The van der Waals surface area contributed by atoms with E-state index in [0.29, 0.717) is 43.1 Å². The molecule has 3 aromatic rings. The molecule has 2 fully saturated rings. The van der Waals surface area contributed by atoms with Gasteiger partial charge in [-0.2, -0.15) is 18.3 Å². The van der Waals surface area contributed by atoms with Gasteiger partial charge in [-0.25, -0.2) is 14.2 Å². The first-order valence-electron chi connectivity index (χ1n) is 12.5. The Morgan fingerprint density at radius 1 is 1.08 bits per heavy atom. The van der Waals surface area contributed by atoms with E-state index in [1.807, 2.05) is 18.3 Å². The van der Waals surface area contributed by atoms with Gasteiger partial charge in [-0.3, -0.25) is 4.68 Å². The van der Waals surface area contributed by atoms with Gasteiger partial charge in [0.2, 0.25) is 0 Å². The molecule has 0 unspecified atom stereocenters. The molecule has 0 radical (unpaired) electrons. The largest absolute Gasteiger partial charge is 0.416 e. The summed E-state index contributed by atoms with van der Waals surface area (Å²) in [6.07, 6.45) is -3.15. The minimum Gasteiger partial charge on any atom is -0.378 e. The van der Waals surface area contributed by atoms with E-state index in [9.17, 15) is 22.4 Å². The minimum atomic E-state index is -4.60. The molecular weight excluding hydrogens is 520 g/mol. The normalized spacial score (nSPS) is 18.4. The first-order valence-corrected chi connectivity index (χ1v) is 12.5. The van der Waals surface area contributed by atoms with Gasteiger partial charge in [-0.05, 0) is 47.9 Å². The highest BCUT2D eigenvalue weighted by atomic mass is 19.4. The number of anilines is 2. The molecule has 0 aliphatic carbocycles. The minimum absolute atomic E-state index is 0.0412. The summed E-state index contributed by atoms with van der Waals surface area (Å²) in [4.78, 5) is 20.7. The number of hydrogen-bond donors (Lipinski definition) is 1. The van der Waals surface area contributed by atoms with Crippen molar-refractivity contribution in [1.29, 1.82) is 0 Å². The maximum Gasteiger partial charge on any atom is 0.416 e. The number of nitrogens with one attached hydrogen (secondary N) is 1. The number of aryl methyl sites for hydroxylation is 2. The van der Waals surface area contributed by atoms with Crippen molar-refractivity contribution in [2.75, 3.05) is 56.2 Å². The van der Waals surface area contributed by atoms with Gasteiger partial charge in [-0.15, -0.1) is 0 Å². The smallest absolute Gasteiger partial charge is 0.378 e. The Hall–Kier alpha value is -3.71. The highest BCUT2D eigenvalue weighted by molar-refractivity contribution is 5.91. The van der Waals surface area contributed by atoms with Crippen molar-refractivity contribution in [2.45, 2.75) is 19.2 Å². The highest BCUT2D eigenvalue weighted by Gasteiger charge is 2.44. The second-order valence-corrected chi connectivity index (χ2v) is 9.53. The van der Waals surface area contributed by atoms with Crippen LogP contribution in [0.25, 0.3) is 22.4 Å². The summed E-state index contributed by atoms with van der Waals surface area (Å²) in [5, 5.41) is 6.69. The van der Waals surface area contributed by atoms with Gasteiger partial charge in [0.15, 0.2) is 6.10 Å². The van der Waals surface area contributed by atoms with Crippen LogP contribution in [-0.4, -0.2) is 84.0 Å². The number of aromatic nitrogens is 3. The number of benzene rings is 1. The molecule has 2 aliphatic rings. The predicted molar refractivity (Wildman–Crippen MR) is 136 cm³/mol. The Kier molecular flexibility index (Phi) is 7.45. The lowest BCUT2D eigenvalue weighted by molar-refractivity contribution is -0.233. The number of halogens is 4. The van der Waals surface area contributed by atoms with Gasteiger partial charge in [0, 0.05) is 38.4 Å². The number of hydrogen-bond acceptors (Lipinski definition) is 6. The van der Waals surface area contributed by atoms with Gasteiger partial charge in [-0.1, -0.05) is 0 Å². The topological polar surface area (TPSA) is 84.8 Å². The standard InChI is InChI=1S/C26H28F4N6O3/c1-16-9-20(27)22(33-25(37)36-5-8-39-23(15-36)26(28,29)30)12-19(16)17-10-21(18-13-31-34(2)14-18)32-24(11-17)35-3-6-38-7-4-35/h9-14,23H,3-8,15H2,1-2H3,(H,33,37)/t23-/m1/s1. The fourth-order valence-corrected chi connectivity index (χ4v) is 4.63. The molecule has 208 valence electrons. The molecule has 5 rings (SSSR count). The lowest BCUT2D eigenvalue weighted by atomic mass is 9.98. The van der Waals surface area contributed by atoms with E-state index < -0.39 is 30.7 Å². The van der Waals surface area contributed by atoms with Crippen molar-refractivity contribution in [3.63, 3.8) is 0 Å². The fraction of sp³-hybridized carbons (Fsp3) is 0.423. The van der Waals surface area contributed by atoms with Crippen LogP contribution in [-0.2, 0) is 16.5 Å². The number of carbonyl (C=O) groups excluding carboxylic acids is 1. The second-order valence-electron chi connectivity index (χ2n) is 9.53. The Morgan fingerprint density at radius 2 is 1.85 bits per heavy atom. The lowest BCUT2D eigenvalue weighted by Crippen LogP contribution is -2.52. The highest BCUT2D eigenvalue weighted by Crippen LogP contribution is 2.34. The molecular formula is C26H28F4N6O3. The zero-order valence-corrected chi connectivity index (χ0v) is 21.5. The van der Waals surface area contributed by atoms with E-state index in [4.69, 9.17) is 14.5 Å². The summed E-state index contributed by atoms with van der Waals surface area (Å²) in [5.74, 6) is 0.0237. The number of urea groups is 1. The first kappa shape index (κ1) is 26.9. The van der Waals surface area contributed by atoms with E-state index in [-0.39, 0.29) is 18.8 Å². The van der Waals surface area contributed by atoms with Gasteiger partial charge in [0.25, 0.3) is 0 Å². The quantitative estimate of drug-likeness (QED) is 0.492. The second kappa shape index (κ2) is 10.8. The fourth-order valence-electron chi connectivity index (χ4n) is 4.63. The van der Waals surface area contributed by atoms with Crippen molar-refractivity contribution in [1.82, 2.24) is 19.7 Å². The van der Waals surface area contributed by atoms with Crippen LogP contribution in [0.4, 0.5) is 33.9 Å². The molecule has 13 heteroatoms. The van der Waals surface area contributed by atoms with Gasteiger partial charge in [0.1, 0.15) is 11.6 Å². The molecule has 39 heavy (non-hydrogen) atoms. The number of ether oxygens (including phenoxy) is 2. The van der Waals surface area contributed by atoms with E-state index in [1.165, 1.54) is 12.1 Å². The van der Waals surface area contributed by atoms with Gasteiger partial charge < -0.3 is 24.6 Å². The van der Waals surface area contributed by atoms with E-state index in [2.05, 4.69) is 15.3 Å². The summed E-state index contributed by atoms with van der Waals surface area (Å²) in [6, 6.07) is 5.72. The Balaban J connectivity index is 1.48. The summed E-state index contributed by atoms with van der Waals surface area (Å²) >= 11 is 0. The van der Waals surface area contributed by atoms with Crippen LogP contribution >= 0.6 is 0 Å². The number of carbonyl (C=O) groups is 1. The van der Waals surface area contributed by atoms with Crippen molar-refractivity contribution in [2.24, 2.45) is 7.05 Å². The lowest BCUT2D eigenvalue weighted by Gasteiger charge is -2.33. The number of rotatable bonds is 4. The third-order valence-electron chi connectivity index (χ3n) is 6.73. The molecule has 0 bridgehead atoms. The molecule has 2 saturated heterocycles. The Morgan fingerprint density at radius 3 is 2.54 bits per heavy atom. The van der Waals surface area contributed by atoms with Crippen molar-refractivity contribution in [3.8, 4) is 22.4 Å². The summed E-state index contributed by atoms with van der Waals surface area (Å²) < 4.78 is 66.2. The molecule has 0 saturated carbocycles.